The van der Waals surface area contributed by atoms with Crippen LogP contribution in [0.25, 0.3) is 10.8 Å². The van der Waals surface area contributed by atoms with Crippen molar-refractivity contribution in [1.29, 1.82) is 0 Å². The summed E-state index contributed by atoms with van der Waals surface area (Å²) in [5.74, 6) is 1.08. The lowest BCUT2D eigenvalue weighted by molar-refractivity contribution is -0.139. The van der Waals surface area contributed by atoms with E-state index in [0.717, 1.165) is 41.3 Å². The summed E-state index contributed by atoms with van der Waals surface area (Å²) in [6, 6.07) is 12.4. The number of hydrogen-bond donors (Lipinski definition) is 1. The van der Waals surface area contributed by atoms with E-state index in [0.29, 0.717) is 32.7 Å². The van der Waals surface area contributed by atoms with Crippen LogP contribution in [0.4, 0.5) is 0 Å². The van der Waals surface area contributed by atoms with Crippen molar-refractivity contribution in [3.63, 3.8) is 0 Å². The highest BCUT2D eigenvalue weighted by Gasteiger charge is 2.25. The molecule has 1 saturated heterocycles. The number of nitrogens with zero attached hydrogens (tertiary/aromatic N) is 1. The summed E-state index contributed by atoms with van der Waals surface area (Å²) in [5.41, 5.74) is 6.62. The van der Waals surface area contributed by atoms with Gasteiger partial charge in [-0.25, -0.2) is 0 Å². The lowest BCUT2D eigenvalue weighted by Crippen LogP contribution is -2.42. The first-order valence-corrected chi connectivity index (χ1v) is 9.38. The van der Waals surface area contributed by atoms with Gasteiger partial charge in [0.1, 0.15) is 11.9 Å². The van der Waals surface area contributed by atoms with E-state index >= 15 is 0 Å². The molecule has 0 radical (unpaired) electrons. The van der Waals surface area contributed by atoms with Gasteiger partial charge in [0.25, 0.3) is 0 Å². The topological polar surface area (TPSA) is 64.8 Å². The van der Waals surface area contributed by atoms with E-state index < -0.39 is 0 Å². The number of morpholine rings is 1. The molecule has 5 nitrogen and oxygen atoms in total. The molecule has 2 aromatic rings. The zero-order valence-electron chi connectivity index (χ0n) is 15.4. The molecule has 1 amide bonds. The van der Waals surface area contributed by atoms with Crippen LogP contribution in [0, 0.1) is 0 Å². The van der Waals surface area contributed by atoms with Gasteiger partial charge in [0, 0.05) is 13.0 Å². The average molecular weight is 356 g/mol. The second kappa shape index (κ2) is 9.01. The van der Waals surface area contributed by atoms with Gasteiger partial charge >= 0.3 is 0 Å². The number of amides is 1. The number of carbonyl (C=O) groups is 1. The van der Waals surface area contributed by atoms with Gasteiger partial charge in [-0.05, 0) is 53.9 Å². The number of unbranched alkanes of at least 4 members (excludes halogenated alkanes) is 2. The van der Waals surface area contributed by atoms with Crippen LogP contribution < -0.4 is 10.5 Å². The molecule has 0 saturated carbocycles. The van der Waals surface area contributed by atoms with Crippen molar-refractivity contribution in [2.75, 3.05) is 33.4 Å². The van der Waals surface area contributed by atoms with E-state index in [1.807, 2.05) is 17.0 Å². The van der Waals surface area contributed by atoms with Crippen LogP contribution in [0.2, 0.25) is 0 Å². The van der Waals surface area contributed by atoms with Crippen LogP contribution in [-0.2, 0) is 9.53 Å². The summed E-state index contributed by atoms with van der Waals surface area (Å²) < 4.78 is 11.2. The molecule has 0 unspecified atom stereocenters. The number of hydrogen-bond acceptors (Lipinski definition) is 4. The summed E-state index contributed by atoms with van der Waals surface area (Å²) in [5, 5.41) is 2.29. The van der Waals surface area contributed by atoms with E-state index in [9.17, 15) is 4.79 Å². The predicted molar refractivity (Wildman–Crippen MR) is 103 cm³/mol. The molecule has 0 aromatic heterocycles. The summed E-state index contributed by atoms with van der Waals surface area (Å²) in [4.78, 5) is 14.4. The van der Waals surface area contributed by atoms with Gasteiger partial charge < -0.3 is 20.1 Å². The fourth-order valence-corrected chi connectivity index (χ4v) is 3.40. The van der Waals surface area contributed by atoms with Gasteiger partial charge in [0.15, 0.2) is 0 Å². The normalized spacial score (nSPS) is 17.5. The number of benzene rings is 2. The van der Waals surface area contributed by atoms with E-state index in [1.165, 1.54) is 0 Å². The van der Waals surface area contributed by atoms with Crippen LogP contribution >= 0.6 is 0 Å². The zero-order valence-corrected chi connectivity index (χ0v) is 15.4. The number of methoxy groups -OCH3 is 1. The van der Waals surface area contributed by atoms with Gasteiger partial charge in [0.2, 0.25) is 5.91 Å². The van der Waals surface area contributed by atoms with Crippen LogP contribution in [0.3, 0.4) is 0 Å². The molecule has 140 valence electrons. The first kappa shape index (κ1) is 18.7. The molecule has 1 aliphatic heterocycles. The fourth-order valence-electron chi connectivity index (χ4n) is 3.40. The molecule has 3 rings (SSSR count). The first-order chi connectivity index (χ1) is 12.7. The van der Waals surface area contributed by atoms with Crippen molar-refractivity contribution in [2.45, 2.75) is 31.8 Å². The van der Waals surface area contributed by atoms with Crippen LogP contribution in [-0.4, -0.2) is 44.2 Å². The van der Waals surface area contributed by atoms with E-state index in [1.54, 1.807) is 7.11 Å². The molecular weight excluding hydrogens is 328 g/mol. The molecule has 1 aliphatic rings. The highest BCUT2D eigenvalue weighted by molar-refractivity contribution is 5.84. The number of nitrogens with two attached hydrogens (primary N) is 1. The molecule has 0 spiro atoms. The molecule has 5 heteroatoms. The predicted octanol–water partition coefficient (Wildman–Crippen LogP) is 3.27. The Hall–Kier alpha value is -2.11. The van der Waals surface area contributed by atoms with Crippen molar-refractivity contribution >= 4 is 16.7 Å². The summed E-state index contributed by atoms with van der Waals surface area (Å²) in [6.45, 7) is 2.58. The molecule has 0 aliphatic carbocycles. The number of fused-ring (bicyclic) bond motifs is 1. The number of rotatable bonds is 7. The largest absolute Gasteiger partial charge is 0.497 e. The first-order valence-electron chi connectivity index (χ1n) is 9.38. The Morgan fingerprint density at radius 2 is 2.00 bits per heavy atom. The minimum atomic E-state index is -0.0664. The lowest BCUT2D eigenvalue weighted by Gasteiger charge is -2.33. The third-order valence-electron chi connectivity index (χ3n) is 4.96. The van der Waals surface area contributed by atoms with Crippen molar-refractivity contribution in [1.82, 2.24) is 4.90 Å². The number of carbonyl (C=O) groups excluding carboxylic acids is 1. The van der Waals surface area contributed by atoms with Gasteiger partial charge in [-0.2, -0.15) is 0 Å². The molecule has 1 atom stereocenters. The smallest absolute Gasteiger partial charge is 0.222 e. The maximum Gasteiger partial charge on any atom is 0.222 e. The Bertz CT molecular complexity index is 747. The SMILES string of the molecule is COc1ccc2cc([C@H]3CN(C(=O)CCCCCN)CCO3)ccc2c1. The van der Waals surface area contributed by atoms with Crippen molar-refractivity contribution in [3.8, 4) is 5.75 Å². The standard InChI is InChI=1S/C21H28N2O3/c1-25-19-9-8-16-13-18(7-6-17(16)14-19)20-15-23(11-12-26-20)21(24)5-3-2-4-10-22/h6-9,13-14,20H,2-5,10-12,15,22H2,1H3/t20-/m1/s1. The van der Waals surface area contributed by atoms with Crippen molar-refractivity contribution in [2.24, 2.45) is 5.73 Å². The Morgan fingerprint density at radius 3 is 2.81 bits per heavy atom. The Balaban J connectivity index is 1.65. The second-order valence-corrected chi connectivity index (χ2v) is 6.77. The maximum absolute atomic E-state index is 12.4. The Labute approximate surface area is 155 Å². The molecule has 2 aromatic carbocycles. The Kier molecular flexibility index (Phi) is 6.47. The molecule has 26 heavy (non-hydrogen) atoms. The quantitative estimate of drug-likeness (QED) is 0.774. The zero-order chi connectivity index (χ0) is 18.4. The van der Waals surface area contributed by atoms with Gasteiger partial charge in [-0.15, -0.1) is 0 Å². The van der Waals surface area contributed by atoms with Gasteiger partial charge in [-0.3, -0.25) is 4.79 Å². The molecule has 1 fully saturated rings. The van der Waals surface area contributed by atoms with E-state index in [2.05, 4.69) is 24.3 Å². The third-order valence-corrected chi connectivity index (χ3v) is 4.96. The van der Waals surface area contributed by atoms with Gasteiger partial charge in [0.05, 0.1) is 20.3 Å². The highest BCUT2D eigenvalue weighted by Crippen LogP contribution is 2.28. The van der Waals surface area contributed by atoms with E-state index in [-0.39, 0.29) is 12.0 Å². The van der Waals surface area contributed by atoms with Crippen molar-refractivity contribution < 1.29 is 14.3 Å². The summed E-state index contributed by atoms with van der Waals surface area (Å²) in [6.07, 6.45) is 3.45. The minimum absolute atomic E-state index is 0.0664. The summed E-state index contributed by atoms with van der Waals surface area (Å²) in [7, 11) is 1.67. The highest BCUT2D eigenvalue weighted by atomic mass is 16.5. The molecule has 1 heterocycles. The molecule has 0 bridgehead atoms. The van der Waals surface area contributed by atoms with Crippen molar-refractivity contribution in [3.05, 3.63) is 42.0 Å². The second-order valence-electron chi connectivity index (χ2n) is 6.77. The maximum atomic E-state index is 12.4. The fraction of sp³-hybridized carbons (Fsp3) is 0.476. The van der Waals surface area contributed by atoms with Crippen LogP contribution in [0.15, 0.2) is 36.4 Å². The third kappa shape index (κ3) is 4.54. The van der Waals surface area contributed by atoms with Crippen LogP contribution in [0.5, 0.6) is 5.75 Å². The lowest BCUT2D eigenvalue weighted by atomic mass is 10.0. The molecular formula is C21H28N2O3. The van der Waals surface area contributed by atoms with Crippen LogP contribution in [0.1, 0.15) is 37.4 Å². The number of ether oxygens (including phenoxy) is 2. The monoisotopic (exact) mass is 356 g/mol. The average Bonchev–Trinajstić information content (AvgIpc) is 2.70. The minimum Gasteiger partial charge on any atom is -0.497 e. The Morgan fingerprint density at radius 1 is 1.19 bits per heavy atom. The van der Waals surface area contributed by atoms with Gasteiger partial charge in [-0.1, -0.05) is 24.6 Å². The summed E-state index contributed by atoms with van der Waals surface area (Å²) >= 11 is 0. The van der Waals surface area contributed by atoms with E-state index in [4.69, 9.17) is 15.2 Å². The molecule has 2 N–H and O–H groups in total.